The Kier molecular flexibility index (Phi) is 7.93. The van der Waals surface area contributed by atoms with Crippen LogP contribution in [0.2, 0.25) is 10.0 Å². The predicted octanol–water partition coefficient (Wildman–Crippen LogP) is 5.72. The lowest BCUT2D eigenvalue weighted by Crippen LogP contribution is -2.25. The van der Waals surface area contributed by atoms with Crippen LogP contribution in [-0.2, 0) is 11.4 Å². The van der Waals surface area contributed by atoms with Gasteiger partial charge in [-0.2, -0.15) is 5.10 Å². The Morgan fingerprint density at radius 1 is 0.968 bits per heavy atom. The third-order valence-corrected chi connectivity index (χ3v) is 5.19. The Morgan fingerprint density at radius 2 is 1.71 bits per heavy atom. The molecule has 0 saturated carbocycles. The highest BCUT2D eigenvalue weighted by Gasteiger charge is 2.07. The maximum absolute atomic E-state index is 12.1. The van der Waals surface area contributed by atoms with Gasteiger partial charge < -0.3 is 9.47 Å². The van der Waals surface area contributed by atoms with E-state index < -0.39 is 0 Å². The molecule has 0 radical (unpaired) electrons. The van der Waals surface area contributed by atoms with Crippen LogP contribution >= 0.6 is 23.2 Å². The number of carbonyl (C=O) groups is 1. The Balaban J connectivity index is 1.56. The van der Waals surface area contributed by atoms with Gasteiger partial charge in [0, 0.05) is 5.56 Å². The van der Waals surface area contributed by atoms with Gasteiger partial charge in [0.1, 0.15) is 18.1 Å². The van der Waals surface area contributed by atoms with E-state index in [0.717, 1.165) is 22.3 Å². The van der Waals surface area contributed by atoms with Crippen LogP contribution in [0.4, 0.5) is 0 Å². The minimum Gasteiger partial charge on any atom is -0.488 e. The van der Waals surface area contributed by atoms with Crippen molar-refractivity contribution in [2.24, 2.45) is 5.10 Å². The van der Waals surface area contributed by atoms with Crippen molar-refractivity contribution in [2.45, 2.75) is 20.5 Å². The second kappa shape index (κ2) is 10.8. The van der Waals surface area contributed by atoms with Crippen LogP contribution in [0.5, 0.6) is 11.5 Å². The molecule has 0 heterocycles. The van der Waals surface area contributed by atoms with E-state index in [2.05, 4.69) is 10.5 Å². The number of hydrazone groups is 1. The van der Waals surface area contributed by atoms with Gasteiger partial charge >= 0.3 is 0 Å². The summed E-state index contributed by atoms with van der Waals surface area (Å²) in [5, 5.41) is 4.99. The molecule has 1 amide bonds. The first-order valence-electron chi connectivity index (χ1n) is 9.60. The molecule has 5 nitrogen and oxygen atoms in total. The van der Waals surface area contributed by atoms with Crippen LogP contribution in [0.1, 0.15) is 22.3 Å². The quantitative estimate of drug-likeness (QED) is 0.348. The number of halogens is 2. The molecule has 0 aliphatic rings. The minimum atomic E-state index is -0.354. The number of aryl methyl sites for hydroxylation is 2. The van der Waals surface area contributed by atoms with Gasteiger partial charge in [-0.05, 0) is 54.8 Å². The summed E-state index contributed by atoms with van der Waals surface area (Å²) >= 11 is 12.0. The number of benzene rings is 3. The molecule has 0 atom stereocenters. The first-order chi connectivity index (χ1) is 14.9. The Labute approximate surface area is 191 Å². The fraction of sp³-hybridized carbons (Fsp3) is 0.167. The molecule has 3 aromatic carbocycles. The molecule has 1 N–H and O–H groups in total. The van der Waals surface area contributed by atoms with Crippen LogP contribution < -0.4 is 14.9 Å². The highest BCUT2D eigenvalue weighted by atomic mass is 35.5. The van der Waals surface area contributed by atoms with Crippen molar-refractivity contribution in [3.05, 3.63) is 93.0 Å². The second-order valence-electron chi connectivity index (χ2n) is 6.88. The Hall–Kier alpha value is -3.02. The standard InChI is InChI=1S/C24H22Cl2N2O3/c1-16-6-5-7-17(2)24(16)31-15-23(29)28-27-13-19-8-3-4-9-22(19)30-14-18-10-11-20(25)21(26)12-18/h3-13H,14-15H2,1-2H3,(H,28,29)/b27-13-. The fourth-order valence-corrected chi connectivity index (χ4v) is 3.20. The third kappa shape index (κ3) is 6.48. The van der Waals surface area contributed by atoms with E-state index in [0.29, 0.717) is 28.2 Å². The predicted molar refractivity (Wildman–Crippen MR) is 124 cm³/mol. The first kappa shape index (κ1) is 22.7. The fourth-order valence-electron chi connectivity index (χ4n) is 2.88. The molecule has 0 saturated heterocycles. The lowest BCUT2D eigenvalue weighted by molar-refractivity contribution is -0.123. The highest BCUT2D eigenvalue weighted by Crippen LogP contribution is 2.24. The number of nitrogens with one attached hydrogen (secondary N) is 1. The lowest BCUT2D eigenvalue weighted by Gasteiger charge is -2.11. The van der Waals surface area contributed by atoms with E-state index in [9.17, 15) is 4.79 Å². The lowest BCUT2D eigenvalue weighted by atomic mass is 10.1. The van der Waals surface area contributed by atoms with Gasteiger partial charge in [-0.1, -0.05) is 59.6 Å². The van der Waals surface area contributed by atoms with E-state index in [4.69, 9.17) is 32.7 Å². The summed E-state index contributed by atoms with van der Waals surface area (Å²) in [6.45, 7) is 4.07. The molecule has 7 heteroatoms. The maximum Gasteiger partial charge on any atom is 0.277 e. The molecule has 31 heavy (non-hydrogen) atoms. The molecule has 0 fully saturated rings. The van der Waals surface area contributed by atoms with Gasteiger partial charge in [0.05, 0.1) is 16.3 Å². The molecular formula is C24H22Cl2N2O3. The third-order valence-electron chi connectivity index (χ3n) is 4.45. The number of para-hydroxylation sites is 2. The maximum atomic E-state index is 12.1. The summed E-state index contributed by atoms with van der Waals surface area (Å²) in [6.07, 6.45) is 1.53. The SMILES string of the molecule is Cc1cccc(C)c1OCC(=O)N/N=C\c1ccccc1OCc1ccc(Cl)c(Cl)c1. The number of rotatable bonds is 8. The average Bonchev–Trinajstić information content (AvgIpc) is 2.75. The van der Waals surface area contributed by atoms with Crippen LogP contribution in [0.3, 0.4) is 0 Å². The van der Waals surface area contributed by atoms with Crippen LogP contribution in [0, 0.1) is 13.8 Å². The van der Waals surface area contributed by atoms with E-state index in [1.54, 1.807) is 12.1 Å². The van der Waals surface area contributed by atoms with Gasteiger partial charge in [-0.3, -0.25) is 4.79 Å². The van der Waals surface area contributed by atoms with Crippen molar-refractivity contribution in [3.63, 3.8) is 0 Å². The van der Waals surface area contributed by atoms with E-state index in [-0.39, 0.29) is 12.5 Å². The van der Waals surface area contributed by atoms with Gasteiger partial charge in [0.25, 0.3) is 5.91 Å². The molecule has 3 rings (SSSR count). The van der Waals surface area contributed by atoms with Crippen LogP contribution in [0.15, 0.2) is 65.8 Å². The van der Waals surface area contributed by atoms with Gasteiger partial charge in [0.15, 0.2) is 6.61 Å². The molecule has 160 valence electrons. The molecular weight excluding hydrogens is 435 g/mol. The van der Waals surface area contributed by atoms with Crippen molar-refractivity contribution in [1.29, 1.82) is 0 Å². The smallest absolute Gasteiger partial charge is 0.277 e. The molecule has 0 bridgehead atoms. The number of hydrogen-bond donors (Lipinski definition) is 1. The first-order valence-corrected chi connectivity index (χ1v) is 10.4. The summed E-state index contributed by atoms with van der Waals surface area (Å²) in [7, 11) is 0. The normalized spacial score (nSPS) is 10.8. The zero-order chi connectivity index (χ0) is 22.2. The van der Waals surface area contributed by atoms with E-state index in [1.807, 2.05) is 62.4 Å². The zero-order valence-corrected chi connectivity index (χ0v) is 18.7. The average molecular weight is 457 g/mol. The second-order valence-corrected chi connectivity index (χ2v) is 7.69. The minimum absolute atomic E-state index is 0.126. The summed E-state index contributed by atoms with van der Waals surface area (Å²) < 4.78 is 11.5. The van der Waals surface area contributed by atoms with Gasteiger partial charge in [-0.15, -0.1) is 0 Å². The molecule has 3 aromatic rings. The van der Waals surface area contributed by atoms with Crippen molar-refractivity contribution >= 4 is 35.3 Å². The number of amides is 1. The van der Waals surface area contributed by atoms with Crippen LogP contribution in [-0.4, -0.2) is 18.7 Å². The number of ether oxygens (including phenoxy) is 2. The number of hydrogen-bond acceptors (Lipinski definition) is 4. The molecule has 0 spiro atoms. The molecule has 0 unspecified atom stereocenters. The van der Waals surface area contributed by atoms with Crippen molar-refractivity contribution < 1.29 is 14.3 Å². The van der Waals surface area contributed by atoms with Crippen LogP contribution in [0.25, 0.3) is 0 Å². The summed E-state index contributed by atoms with van der Waals surface area (Å²) in [6, 6.07) is 18.5. The number of nitrogens with zero attached hydrogens (tertiary/aromatic N) is 1. The van der Waals surface area contributed by atoms with Crippen molar-refractivity contribution in [3.8, 4) is 11.5 Å². The summed E-state index contributed by atoms with van der Waals surface area (Å²) in [5.74, 6) is 0.981. The topological polar surface area (TPSA) is 59.9 Å². The van der Waals surface area contributed by atoms with E-state index >= 15 is 0 Å². The molecule has 0 aromatic heterocycles. The Morgan fingerprint density at radius 3 is 2.45 bits per heavy atom. The molecule has 0 aliphatic heterocycles. The van der Waals surface area contributed by atoms with Gasteiger partial charge in [0.2, 0.25) is 0 Å². The summed E-state index contributed by atoms with van der Waals surface area (Å²) in [5.41, 5.74) is 6.03. The summed E-state index contributed by atoms with van der Waals surface area (Å²) in [4.78, 5) is 12.1. The molecule has 0 aliphatic carbocycles. The number of carbonyl (C=O) groups excluding carboxylic acids is 1. The largest absolute Gasteiger partial charge is 0.488 e. The highest BCUT2D eigenvalue weighted by molar-refractivity contribution is 6.42. The van der Waals surface area contributed by atoms with Crippen molar-refractivity contribution in [1.82, 2.24) is 5.43 Å². The van der Waals surface area contributed by atoms with Gasteiger partial charge in [-0.25, -0.2) is 5.43 Å². The Bertz CT molecular complexity index is 1080. The van der Waals surface area contributed by atoms with Crippen molar-refractivity contribution in [2.75, 3.05) is 6.61 Å². The monoisotopic (exact) mass is 456 g/mol. The van der Waals surface area contributed by atoms with E-state index in [1.165, 1.54) is 6.21 Å². The zero-order valence-electron chi connectivity index (χ0n) is 17.2.